The van der Waals surface area contributed by atoms with Crippen molar-refractivity contribution in [3.63, 3.8) is 0 Å². The van der Waals surface area contributed by atoms with Gasteiger partial charge in [0.1, 0.15) is 0 Å². The van der Waals surface area contributed by atoms with Gasteiger partial charge in [0.2, 0.25) is 0 Å². The van der Waals surface area contributed by atoms with Gasteiger partial charge in [0, 0.05) is 0 Å². The van der Waals surface area contributed by atoms with Gasteiger partial charge in [-0.05, 0) is 0 Å². The Morgan fingerprint density at radius 1 is 1.26 bits per heavy atom. The van der Waals surface area contributed by atoms with Gasteiger partial charge < -0.3 is 0 Å². The maximum absolute atomic E-state index is 12.4. The van der Waals surface area contributed by atoms with Gasteiger partial charge in [0.05, 0.1) is 0 Å². The standard InChI is InChI=1S/C20H28O2Se/c1-18(2)15-11-17(21)19(18,3)12-16(15)23-13-20(4,22-5)14-9-7-6-8-10-14/h6-10,15-16H,11-13H2,1-5H3/t15?,16-,19?,20?/m1/s1. The van der Waals surface area contributed by atoms with Crippen LogP contribution in [0.3, 0.4) is 0 Å². The van der Waals surface area contributed by atoms with Gasteiger partial charge >= 0.3 is 146 Å². The number of Topliss-reactive ketones (excluding diaryl/α,β-unsaturated/α-hetero) is 1. The molecule has 2 nitrogen and oxygen atoms in total. The summed E-state index contributed by atoms with van der Waals surface area (Å²) in [6, 6.07) is 10.5. The first-order chi connectivity index (χ1) is 10.7. The molecule has 0 spiro atoms. The van der Waals surface area contributed by atoms with E-state index in [2.05, 4.69) is 58.0 Å². The molecule has 3 heteroatoms. The first-order valence-electron chi connectivity index (χ1n) is 8.50. The molecule has 0 aromatic heterocycles. The Morgan fingerprint density at radius 3 is 2.39 bits per heavy atom. The Balaban J connectivity index is 1.74. The second-order valence-corrected chi connectivity index (χ2v) is 10.7. The van der Waals surface area contributed by atoms with Crippen LogP contribution in [0.1, 0.15) is 46.1 Å². The summed E-state index contributed by atoms with van der Waals surface area (Å²) in [6.45, 7) is 9.03. The summed E-state index contributed by atoms with van der Waals surface area (Å²) in [5.74, 6) is 1.06. The number of carbonyl (C=O) groups excluding carboxylic acids is 1. The molecule has 0 heterocycles. The van der Waals surface area contributed by atoms with E-state index in [0.717, 1.165) is 18.2 Å². The zero-order chi connectivity index (χ0) is 16.9. The number of carbonyl (C=O) groups is 1. The first kappa shape index (κ1) is 17.2. The minimum atomic E-state index is -0.210. The predicted octanol–water partition coefficient (Wildman–Crippen LogP) is 4.48. The number of methoxy groups -OCH3 is 1. The van der Waals surface area contributed by atoms with Crippen LogP contribution in [-0.4, -0.2) is 27.8 Å². The van der Waals surface area contributed by atoms with Gasteiger partial charge in [0.25, 0.3) is 0 Å². The molecule has 0 aliphatic heterocycles. The van der Waals surface area contributed by atoms with E-state index in [9.17, 15) is 4.79 Å². The van der Waals surface area contributed by atoms with E-state index >= 15 is 0 Å². The van der Waals surface area contributed by atoms with Crippen molar-refractivity contribution in [3.05, 3.63) is 35.9 Å². The summed E-state index contributed by atoms with van der Waals surface area (Å²) >= 11 is 0.487. The zero-order valence-electron chi connectivity index (χ0n) is 14.9. The molecule has 3 unspecified atom stereocenters. The third-order valence-electron chi connectivity index (χ3n) is 6.84. The quantitative estimate of drug-likeness (QED) is 0.705. The summed E-state index contributed by atoms with van der Waals surface area (Å²) in [4.78, 5) is 13.1. The van der Waals surface area contributed by atoms with E-state index in [0.29, 0.717) is 31.5 Å². The Hall–Kier alpha value is -0.631. The van der Waals surface area contributed by atoms with Crippen LogP contribution in [0, 0.1) is 16.7 Å². The molecule has 126 valence electrons. The zero-order valence-corrected chi connectivity index (χ0v) is 16.6. The van der Waals surface area contributed by atoms with Crippen LogP contribution in [-0.2, 0) is 15.1 Å². The van der Waals surface area contributed by atoms with E-state index in [-0.39, 0.29) is 16.4 Å². The molecular weight excluding hydrogens is 351 g/mol. The number of ether oxygens (including phenoxy) is 1. The third-order valence-corrected chi connectivity index (χ3v) is 10.3. The Kier molecular flexibility index (Phi) is 4.28. The third kappa shape index (κ3) is 2.52. The summed E-state index contributed by atoms with van der Waals surface area (Å²) in [6.07, 6.45) is 1.88. The van der Waals surface area contributed by atoms with E-state index in [1.807, 2.05) is 7.11 Å². The molecule has 3 rings (SSSR count). The summed E-state index contributed by atoms with van der Waals surface area (Å²) < 4.78 is 5.91. The fourth-order valence-electron chi connectivity index (χ4n) is 4.46. The molecule has 2 bridgehead atoms. The van der Waals surface area contributed by atoms with Gasteiger partial charge in [-0.3, -0.25) is 0 Å². The van der Waals surface area contributed by atoms with E-state index in [1.165, 1.54) is 5.56 Å². The van der Waals surface area contributed by atoms with Crippen molar-refractivity contribution >= 4 is 20.7 Å². The molecule has 4 atom stereocenters. The Labute approximate surface area is 146 Å². The number of benzene rings is 1. The average molecular weight is 379 g/mol. The maximum atomic E-state index is 12.4. The van der Waals surface area contributed by atoms with Crippen molar-refractivity contribution in [1.82, 2.24) is 0 Å². The second kappa shape index (κ2) is 5.72. The van der Waals surface area contributed by atoms with E-state index in [4.69, 9.17) is 4.74 Å². The topological polar surface area (TPSA) is 26.3 Å². The Morgan fingerprint density at radius 2 is 1.91 bits per heavy atom. The van der Waals surface area contributed by atoms with Crippen LogP contribution in [0.4, 0.5) is 0 Å². The molecular formula is C20H28O2Se. The fourth-order valence-corrected chi connectivity index (χ4v) is 8.52. The van der Waals surface area contributed by atoms with Gasteiger partial charge in [-0.15, -0.1) is 0 Å². The molecule has 23 heavy (non-hydrogen) atoms. The van der Waals surface area contributed by atoms with Crippen molar-refractivity contribution in [2.45, 2.75) is 56.3 Å². The number of rotatable bonds is 5. The van der Waals surface area contributed by atoms with Crippen LogP contribution < -0.4 is 0 Å². The molecule has 2 fully saturated rings. The molecule has 0 saturated heterocycles. The Bertz CT molecular complexity index is 597. The van der Waals surface area contributed by atoms with Crippen LogP contribution in [0.25, 0.3) is 0 Å². The van der Waals surface area contributed by atoms with Crippen molar-refractivity contribution in [1.29, 1.82) is 0 Å². The van der Waals surface area contributed by atoms with Crippen molar-refractivity contribution in [2.75, 3.05) is 7.11 Å². The summed E-state index contributed by atoms with van der Waals surface area (Å²) in [5, 5.41) is 1.07. The number of hydrogen-bond donors (Lipinski definition) is 0. The molecule has 0 N–H and O–H groups in total. The van der Waals surface area contributed by atoms with E-state index in [1.54, 1.807) is 0 Å². The molecule has 2 aliphatic rings. The molecule has 0 amide bonds. The van der Waals surface area contributed by atoms with Crippen molar-refractivity contribution < 1.29 is 9.53 Å². The molecule has 2 aliphatic carbocycles. The number of ketones is 1. The van der Waals surface area contributed by atoms with Crippen LogP contribution in [0.15, 0.2) is 30.3 Å². The minimum absolute atomic E-state index is 0.0969. The van der Waals surface area contributed by atoms with Gasteiger partial charge in [0.15, 0.2) is 0 Å². The second-order valence-electron chi connectivity index (χ2n) is 8.14. The first-order valence-corrected chi connectivity index (χ1v) is 10.7. The van der Waals surface area contributed by atoms with Gasteiger partial charge in [-0.2, -0.15) is 0 Å². The summed E-state index contributed by atoms with van der Waals surface area (Å²) in [5.41, 5.74) is 1.11. The van der Waals surface area contributed by atoms with Gasteiger partial charge in [-0.25, -0.2) is 0 Å². The average Bonchev–Trinajstić information content (AvgIpc) is 2.84. The monoisotopic (exact) mass is 380 g/mol. The predicted molar refractivity (Wildman–Crippen MR) is 94.7 cm³/mol. The van der Waals surface area contributed by atoms with Crippen LogP contribution >= 0.6 is 0 Å². The SMILES string of the molecule is COC(C)(C[Se][C@@H]1CC2(C)C(=O)CC1C2(C)C)c1ccccc1. The normalized spacial score (nSPS) is 34.6. The number of fused-ring (bicyclic) bond motifs is 2. The van der Waals surface area contributed by atoms with E-state index < -0.39 is 0 Å². The van der Waals surface area contributed by atoms with Crippen molar-refractivity contribution in [2.24, 2.45) is 16.7 Å². The number of hydrogen-bond acceptors (Lipinski definition) is 2. The molecule has 0 radical (unpaired) electrons. The van der Waals surface area contributed by atoms with Crippen LogP contribution in [0.2, 0.25) is 10.1 Å². The van der Waals surface area contributed by atoms with Crippen LogP contribution in [0.5, 0.6) is 0 Å². The fraction of sp³-hybridized carbons (Fsp3) is 0.650. The summed E-state index contributed by atoms with van der Waals surface area (Å²) in [7, 11) is 1.82. The molecule has 1 aromatic rings. The van der Waals surface area contributed by atoms with Crippen molar-refractivity contribution in [3.8, 4) is 0 Å². The molecule has 2 saturated carbocycles. The molecule has 1 aromatic carbocycles. The van der Waals surface area contributed by atoms with Gasteiger partial charge in [-0.1, -0.05) is 0 Å².